The molecule has 2 rings (SSSR count). The van der Waals surface area contributed by atoms with Crippen LogP contribution in [0.4, 0.5) is 0 Å². The van der Waals surface area contributed by atoms with Crippen molar-refractivity contribution in [2.24, 2.45) is 9.63 Å². The highest BCUT2D eigenvalue weighted by molar-refractivity contribution is 7.90. The molecule has 16 heavy (non-hydrogen) atoms. The summed E-state index contributed by atoms with van der Waals surface area (Å²) in [5.74, 6) is 0. The van der Waals surface area contributed by atoms with Crippen molar-refractivity contribution in [3.8, 4) is 0 Å². The van der Waals surface area contributed by atoms with E-state index in [4.69, 9.17) is 23.2 Å². The topological polar surface area (TPSA) is 58.9 Å². The number of sulfonamides is 1. The van der Waals surface area contributed by atoms with Gasteiger partial charge >= 0.3 is 10.0 Å². The molecule has 0 N–H and O–H groups in total. The van der Waals surface area contributed by atoms with Crippen LogP contribution in [0.25, 0.3) is 0 Å². The van der Waals surface area contributed by atoms with Gasteiger partial charge in [-0.3, -0.25) is 0 Å². The van der Waals surface area contributed by atoms with Crippen LogP contribution in [0.3, 0.4) is 0 Å². The van der Waals surface area contributed by atoms with Crippen LogP contribution < -0.4 is 0 Å². The third-order valence-electron chi connectivity index (χ3n) is 2.38. The lowest BCUT2D eigenvalue weighted by atomic mass is 10.1. The molecule has 0 fully saturated rings. The first-order valence-electron chi connectivity index (χ1n) is 4.62. The molecule has 0 aromatic heterocycles. The van der Waals surface area contributed by atoms with Crippen molar-refractivity contribution >= 4 is 33.2 Å². The fraction of sp³-hybridized carbons (Fsp3) is 0.333. The van der Waals surface area contributed by atoms with Gasteiger partial charge in [-0.2, -0.15) is 13.5 Å². The smallest absolute Gasteiger partial charge is 0.198 e. The summed E-state index contributed by atoms with van der Waals surface area (Å²) in [7, 11) is -3.80. The molecule has 0 bridgehead atoms. The van der Waals surface area contributed by atoms with Crippen LogP contribution in [-0.4, -0.2) is 8.42 Å². The third kappa shape index (κ3) is 1.73. The lowest BCUT2D eigenvalue weighted by Crippen LogP contribution is -2.10. The standard InChI is InChI=1S/C9H8Cl2N2O2S/c1-2-7-5-3-4-6(10)8(11)9(5)16(14,15)13-12-7/h3-4,7H,2H2,1H3. The Morgan fingerprint density at radius 3 is 2.69 bits per heavy atom. The van der Waals surface area contributed by atoms with E-state index >= 15 is 0 Å². The van der Waals surface area contributed by atoms with E-state index in [1.165, 1.54) is 0 Å². The molecule has 1 aromatic carbocycles. The van der Waals surface area contributed by atoms with Gasteiger partial charge in [0.1, 0.15) is 4.90 Å². The highest BCUT2D eigenvalue weighted by Crippen LogP contribution is 2.41. The van der Waals surface area contributed by atoms with Crippen molar-refractivity contribution in [3.63, 3.8) is 0 Å². The van der Waals surface area contributed by atoms with E-state index in [-0.39, 0.29) is 21.0 Å². The predicted octanol–water partition coefficient (Wildman–Crippen LogP) is 3.60. The zero-order valence-corrected chi connectivity index (χ0v) is 10.6. The highest BCUT2D eigenvalue weighted by Gasteiger charge is 2.31. The van der Waals surface area contributed by atoms with Crippen molar-refractivity contribution in [3.05, 3.63) is 27.7 Å². The molecule has 0 radical (unpaired) electrons. The number of benzene rings is 1. The Morgan fingerprint density at radius 2 is 2.06 bits per heavy atom. The first kappa shape index (κ1) is 11.8. The molecule has 0 saturated carbocycles. The average molecular weight is 279 g/mol. The van der Waals surface area contributed by atoms with E-state index in [9.17, 15) is 8.42 Å². The predicted molar refractivity (Wildman–Crippen MR) is 61.5 cm³/mol. The summed E-state index contributed by atoms with van der Waals surface area (Å²) in [5, 5.41) is 3.98. The molecular formula is C9H8Cl2N2O2S. The second kappa shape index (κ2) is 3.98. The maximum absolute atomic E-state index is 11.7. The van der Waals surface area contributed by atoms with Crippen LogP contribution in [0.5, 0.6) is 0 Å². The van der Waals surface area contributed by atoms with Crippen molar-refractivity contribution in [2.45, 2.75) is 24.3 Å². The largest absolute Gasteiger partial charge is 0.301 e. The van der Waals surface area contributed by atoms with E-state index in [1.807, 2.05) is 6.92 Å². The van der Waals surface area contributed by atoms with Gasteiger partial charge in [-0.05, 0) is 12.5 Å². The van der Waals surface area contributed by atoms with Gasteiger partial charge < -0.3 is 0 Å². The molecule has 0 aliphatic carbocycles. The van der Waals surface area contributed by atoms with Crippen LogP contribution in [0, 0.1) is 0 Å². The van der Waals surface area contributed by atoms with Gasteiger partial charge in [0.05, 0.1) is 16.1 Å². The summed E-state index contributed by atoms with van der Waals surface area (Å²) in [6, 6.07) is 2.93. The number of hydrogen-bond donors (Lipinski definition) is 0. The summed E-state index contributed by atoms with van der Waals surface area (Å²) in [6.07, 6.45) is 0.657. The number of rotatable bonds is 1. The Morgan fingerprint density at radius 1 is 1.38 bits per heavy atom. The first-order valence-corrected chi connectivity index (χ1v) is 6.82. The summed E-state index contributed by atoms with van der Waals surface area (Å²) in [4.78, 5) is -0.0106. The molecule has 1 atom stereocenters. The van der Waals surface area contributed by atoms with Gasteiger partial charge in [0.25, 0.3) is 0 Å². The third-order valence-corrected chi connectivity index (χ3v) is 4.56. The lowest BCUT2D eigenvalue weighted by molar-refractivity contribution is 0.570. The zero-order chi connectivity index (χ0) is 11.9. The Kier molecular flexibility index (Phi) is 2.94. The van der Waals surface area contributed by atoms with E-state index in [0.29, 0.717) is 12.0 Å². The van der Waals surface area contributed by atoms with Gasteiger partial charge in [-0.1, -0.05) is 40.7 Å². The Bertz CT molecular complexity index is 569. The van der Waals surface area contributed by atoms with Crippen LogP contribution in [-0.2, 0) is 10.0 Å². The molecule has 1 aliphatic rings. The second-order valence-corrected chi connectivity index (χ2v) is 5.68. The van der Waals surface area contributed by atoms with E-state index in [1.54, 1.807) is 12.1 Å². The van der Waals surface area contributed by atoms with Gasteiger partial charge in [0, 0.05) is 5.56 Å². The van der Waals surface area contributed by atoms with Crippen molar-refractivity contribution in [2.75, 3.05) is 0 Å². The first-order chi connectivity index (χ1) is 7.47. The average Bonchev–Trinajstić information content (AvgIpc) is 2.23. The Balaban J connectivity index is 2.80. The number of hydrogen-bond acceptors (Lipinski definition) is 3. The van der Waals surface area contributed by atoms with Crippen LogP contribution in [0.15, 0.2) is 26.7 Å². The second-order valence-electron chi connectivity index (χ2n) is 3.38. The number of nitrogens with zero attached hydrogens (tertiary/aromatic N) is 2. The maximum atomic E-state index is 11.7. The van der Waals surface area contributed by atoms with Gasteiger partial charge in [0.2, 0.25) is 0 Å². The quantitative estimate of drug-likeness (QED) is 0.788. The van der Waals surface area contributed by atoms with Crippen LogP contribution in [0.1, 0.15) is 24.9 Å². The fourth-order valence-electron chi connectivity index (χ4n) is 1.60. The summed E-state index contributed by atoms with van der Waals surface area (Å²) in [5.41, 5.74) is 0.562. The van der Waals surface area contributed by atoms with Crippen LogP contribution in [0.2, 0.25) is 10.0 Å². The molecule has 1 aliphatic heterocycles. The van der Waals surface area contributed by atoms with E-state index in [0.717, 1.165) is 0 Å². The minimum atomic E-state index is -3.80. The number of fused-ring (bicyclic) bond motifs is 1. The molecule has 0 saturated heterocycles. The van der Waals surface area contributed by atoms with Crippen LogP contribution >= 0.6 is 23.2 Å². The monoisotopic (exact) mass is 278 g/mol. The number of halogens is 2. The molecule has 86 valence electrons. The Hall–Kier alpha value is -0.650. The molecule has 0 amide bonds. The Labute approximate surface area is 103 Å². The maximum Gasteiger partial charge on any atom is 0.301 e. The molecule has 1 aromatic rings. The molecule has 0 spiro atoms. The van der Waals surface area contributed by atoms with Crippen molar-refractivity contribution in [1.29, 1.82) is 0 Å². The minimum absolute atomic E-state index is 0.0106. The lowest BCUT2D eigenvalue weighted by Gasteiger charge is -2.18. The molecule has 1 unspecified atom stereocenters. The minimum Gasteiger partial charge on any atom is -0.198 e. The zero-order valence-electron chi connectivity index (χ0n) is 8.31. The fourth-order valence-corrected chi connectivity index (χ4v) is 3.43. The van der Waals surface area contributed by atoms with E-state index < -0.39 is 10.0 Å². The van der Waals surface area contributed by atoms with Crippen molar-refractivity contribution < 1.29 is 8.42 Å². The molecular weight excluding hydrogens is 271 g/mol. The van der Waals surface area contributed by atoms with Gasteiger partial charge in [0.15, 0.2) is 0 Å². The highest BCUT2D eigenvalue weighted by atomic mass is 35.5. The summed E-state index contributed by atoms with van der Waals surface area (Å²) >= 11 is 11.7. The normalized spacial score (nSPS) is 21.8. The van der Waals surface area contributed by atoms with Crippen molar-refractivity contribution in [1.82, 2.24) is 0 Å². The van der Waals surface area contributed by atoms with E-state index in [2.05, 4.69) is 9.63 Å². The molecule has 7 heteroatoms. The van der Waals surface area contributed by atoms with Gasteiger partial charge in [-0.15, -0.1) is 0 Å². The van der Waals surface area contributed by atoms with Gasteiger partial charge in [-0.25, -0.2) is 0 Å². The summed E-state index contributed by atoms with van der Waals surface area (Å²) in [6.45, 7) is 1.90. The summed E-state index contributed by atoms with van der Waals surface area (Å²) < 4.78 is 26.7. The molecule has 1 heterocycles. The SMILES string of the molecule is CCC1N=NS(=O)(=O)c2c1ccc(Cl)c2Cl. The molecule has 4 nitrogen and oxygen atoms in total.